The lowest BCUT2D eigenvalue weighted by atomic mass is 10.0. The molecule has 0 spiro atoms. The second-order valence-electron chi connectivity index (χ2n) is 11.7. The van der Waals surface area contributed by atoms with Crippen molar-refractivity contribution in [1.82, 2.24) is 26.6 Å². The van der Waals surface area contributed by atoms with Crippen LogP contribution < -0.4 is 36.1 Å². The molecule has 0 aromatic heterocycles. The molecule has 0 saturated carbocycles. The average molecular weight is 640 g/mol. The maximum Gasteiger partial charge on any atom is 0.255 e. The zero-order valence-corrected chi connectivity index (χ0v) is 26.9. The number of aliphatic hydroxyl groups is 1. The molecule has 0 aliphatic carbocycles. The zero-order valence-electron chi connectivity index (χ0n) is 26.9. The number of carbonyl (C=O) groups excluding carboxylic acids is 5. The van der Waals surface area contributed by atoms with Crippen LogP contribution in [-0.2, 0) is 25.6 Å². The highest BCUT2D eigenvalue weighted by molar-refractivity contribution is 6.01. The summed E-state index contributed by atoms with van der Waals surface area (Å²) in [5.74, 6) is -2.68. The summed E-state index contributed by atoms with van der Waals surface area (Å²) in [7, 11) is 1.59. The van der Waals surface area contributed by atoms with E-state index in [1.165, 1.54) is 13.0 Å². The number of methoxy groups -OCH3 is 1. The van der Waals surface area contributed by atoms with Crippen molar-refractivity contribution in [2.75, 3.05) is 20.3 Å². The van der Waals surface area contributed by atoms with Gasteiger partial charge in [-0.05, 0) is 62.4 Å². The molecule has 0 bridgehead atoms. The number of rotatable bonds is 8. The van der Waals surface area contributed by atoms with Crippen LogP contribution in [0.25, 0.3) is 0 Å². The Labute approximate surface area is 269 Å². The number of hydrogen-bond acceptors (Lipinski definition) is 8. The van der Waals surface area contributed by atoms with E-state index in [4.69, 9.17) is 9.47 Å². The van der Waals surface area contributed by atoms with E-state index in [1.807, 2.05) is 24.3 Å². The SMILES string of the molecule is COc1cccc(CCCNC(=O)[C@@H]2CC(=O)N[C@@H]([C@@H](C)O)C(=O)N[C@H](C(C)C)C(=O)N[C@@H](C)COc3ccccc3C(=O)N2)c1. The molecule has 5 amide bonds. The highest BCUT2D eigenvalue weighted by Crippen LogP contribution is 2.19. The third-order valence-corrected chi connectivity index (χ3v) is 7.42. The third kappa shape index (κ3) is 10.5. The van der Waals surface area contributed by atoms with E-state index < -0.39 is 66.2 Å². The molecule has 13 heteroatoms. The molecule has 1 heterocycles. The summed E-state index contributed by atoms with van der Waals surface area (Å²) in [6.07, 6.45) is -0.634. The molecule has 3 rings (SSSR count). The Morgan fingerprint density at radius 3 is 2.39 bits per heavy atom. The van der Waals surface area contributed by atoms with Gasteiger partial charge < -0.3 is 41.2 Å². The van der Waals surface area contributed by atoms with Gasteiger partial charge >= 0.3 is 0 Å². The first kappa shape index (κ1) is 35.8. The van der Waals surface area contributed by atoms with Gasteiger partial charge in [-0.25, -0.2) is 0 Å². The van der Waals surface area contributed by atoms with E-state index in [2.05, 4.69) is 26.6 Å². The molecule has 0 saturated heterocycles. The quantitative estimate of drug-likeness (QED) is 0.230. The molecule has 0 unspecified atom stereocenters. The third-order valence-electron chi connectivity index (χ3n) is 7.42. The molecular formula is C33H45N5O8. The van der Waals surface area contributed by atoms with Gasteiger partial charge in [-0.2, -0.15) is 0 Å². The molecule has 0 radical (unpaired) electrons. The summed E-state index contributed by atoms with van der Waals surface area (Å²) in [6, 6.07) is 9.74. The predicted molar refractivity (Wildman–Crippen MR) is 170 cm³/mol. The number of para-hydroxylation sites is 1. The molecule has 6 N–H and O–H groups in total. The molecule has 2 aromatic carbocycles. The van der Waals surface area contributed by atoms with Crippen LogP contribution in [0.2, 0.25) is 0 Å². The van der Waals surface area contributed by atoms with Crippen LogP contribution in [0.5, 0.6) is 11.5 Å². The van der Waals surface area contributed by atoms with Gasteiger partial charge in [0.25, 0.3) is 5.91 Å². The number of aryl methyl sites for hydroxylation is 1. The number of fused-ring (bicyclic) bond motifs is 1. The topological polar surface area (TPSA) is 184 Å². The summed E-state index contributed by atoms with van der Waals surface area (Å²) in [4.78, 5) is 66.3. The fourth-order valence-electron chi connectivity index (χ4n) is 4.87. The largest absolute Gasteiger partial charge is 0.497 e. The van der Waals surface area contributed by atoms with Crippen molar-refractivity contribution in [2.45, 2.75) is 77.2 Å². The monoisotopic (exact) mass is 639 g/mol. The van der Waals surface area contributed by atoms with Gasteiger partial charge in [-0.1, -0.05) is 38.1 Å². The molecule has 13 nitrogen and oxygen atoms in total. The number of aliphatic hydroxyl groups excluding tert-OH is 1. The number of benzene rings is 2. The number of amides is 5. The predicted octanol–water partition coefficient (Wildman–Crippen LogP) is 0.836. The van der Waals surface area contributed by atoms with Gasteiger partial charge in [0.15, 0.2) is 0 Å². The van der Waals surface area contributed by atoms with E-state index >= 15 is 0 Å². The zero-order chi connectivity index (χ0) is 33.8. The van der Waals surface area contributed by atoms with E-state index in [9.17, 15) is 29.1 Å². The Morgan fingerprint density at radius 2 is 1.70 bits per heavy atom. The van der Waals surface area contributed by atoms with Crippen molar-refractivity contribution in [3.05, 3.63) is 59.7 Å². The Hall–Kier alpha value is -4.65. The molecule has 1 aliphatic rings. The van der Waals surface area contributed by atoms with Crippen molar-refractivity contribution in [1.29, 1.82) is 0 Å². The van der Waals surface area contributed by atoms with Gasteiger partial charge in [0.05, 0.1) is 31.2 Å². The molecular weight excluding hydrogens is 594 g/mol. The fraction of sp³-hybridized carbons (Fsp3) is 0.485. The fourth-order valence-corrected chi connectivity index (χ4v) is 4.87. The van der Waals surface area contributed by atoms with Gasteiger partial charge in [0, 0.05) is 6.54 Å². The average Bonchev–Trinajstić information content (AvgIpc) is 3.02. The van der Waals surface area contributed by atoms with Crippen LogP contribution in [0.3, 0.4) is 0 Å². The molecule has 5 atom stereocenters. The van der Waals surface area contributed by atoms with E-state index in [1.54, 1.807) is 46.1 Å². The van der Waals surface area contributed by atoms with Crippen LogP contribution in [-0.4, -0.2) is 85.2 Å². The number of hydrogen-bond donors (Lipinski definition) is 6. The van der Waals surface area contributed by atoms with Crippen molar-refractivity contribution in [3.63, 3.8) is 0 Å². The Kier molecular flexibility index (Phi) is 13.4. The summed E-state index contributed by atoms with van der Waals surface area (Å²) in [5.41, 5.74) is 1.15. The number of ether oxygens (including phenoxy) is 2. The number of nitrogens with one attached hydrogen (secondary N) is 5. The van der Waals surface area contributed by atoms with Gasteiger partial charge in [0.1, 0.15) is 36.2 Å². The summed E-state index contributed by atoms with van der Waals surface area (Å²) in [5, 5.41) is 23.7. The molecule has 250 valence electrons. The lowest BCUT2D eigenvalue weighted by molar-refractivity contribution is -0.135. The first-order chi connectivity index (χ1) is 21.9. The highest BCUT2D eigenvalue weighted by atomic mass is 16.5. The second kappa shape index (κ2) is 17.2. The maximum absolute atomic E-state index is 13.4. The second-order valence-corrected chi connectivity index (χ2v) is 11.7. The highest BCUT2D eigenvalue weighted by Gasteiger charge is 2.33. The van der Waals surface area contributed by atoms with Crippen molar-refractivity contribution in [2.24, 2.45) is 5.92 Å². The minimum Gasteiger partial charge on any atom is -0.497 e. The lowest BCUT2D eigenvalue weighted by Gasteiger charge is -2.27. The maximum atomic E-state index is 13.4. The van der Waals surface area contributed by atoms with Crippen LogP contribution in [0.4, 0.5) is 0 Å². The van der Waals surface area contributed by atoms with E-state index in [-0.39, 0.29) is 30.4 Å². The Balaban J connectivity index is 1.85. The van der Waals surface area contributed by atoms with Gasteiger partial charge in [0.2, 0.25) is 23.6 Å². The van der Waals surface area contributed by atoms with Crippen molar-refractivity contribution in [3.8, 4) is 11.5 Å². The van der Waals surface area contributed by atoms with Crippen LogP contribution >= 0.6 is 0 Å². The van der Waals surface area contributed by atoms with E-state index in [0.29, 0.717) is 12.8 Å². The first-order valence-corrected chi connectivity index (χ1v) is 15.4. The van der Waals surface area contributed by atoms with Crippen LogP contribution in [0.1, 0.15) is 56.5 Å². The minimum absolute atomic E-state index is 0.00232. The molecule has 2 aromatic rings. The number of carbonyl (C=O) groups is 5. The molecule has 1 aliphatic heterocycles. The van der Waals surface area contributed by atoms with Gasteiger partial charge in [-0.3, -0.25) is 24.0 Å². The summed E-state index contributed by atoms with van der Waals surface area (Å²) >= 11 is 0. The smallest absolute Gasteiger partial charge is 0.255 e. The van der Waals surface area contributed by atoms with Crippen LogP contribution in [0, 0.1) is 5.92 Å². The lowest BCUT2D eigenvalue weighted by Crippen LogP contribution is -2.59. The first-order valence-electron chi connectivity index (χ1n) is 15.4. The van der Waals surface area contributed by atoms with Crippen LogP contribution in [0.15, 0.2) is 48.5 Å². The molecule has 0 fully saturated rings. The van der Waals surface area contributed by atoms with Gasteiger partial charge in [-0.15, -0.1) is 0 Å². The Morgan fingerprint density at radius 1 is 0.978 bits per heavy atom. The van der Waals surface area contributed by atoms with E-state index in [0.717, 1.165) is 11.3 Å². The molecule has 46 heavy (non-hydrogen) atoms. The van der Waals surface area contributed by atoms with Crippen molar-refractivity contribution >= 4 is 29.5 Å². The standard InChI is InChI=1S/C33H45N5O8/c1-19(2)28-32(43)35-20(3)18-46-26-14-7-6-13-24(26)30(41)36-25(17-27(40)37-29(21(4)39)33(44)38-28)31(42)34-15-9-11-22-10-8-12-23(16-22)45-5/h6-8,10,12-14,16,19-21,25,28-29,39H,9,11,15,17-18H2,1-5H3,(H,34,42)(H,35,43)(H,36,41)(H,37,40)(H,38,44)/t20-,21+,25-,28+,29-/m0/s1. The van der Waals surface area contributed by atoms with Crippen molar-refractivity contribution < 1.29 is 38.6 Å². The Bertz CT molecular complexity index is 1380. The summed E-state index contributed by atoms with van der Waals surface area (Å²) in [6.45, 7) is 6.79. The summed E-state index contributed by atoms with van der Waals surface area (Å²) < 4.78 is 11.1. The normalized spacial score (nSPS) is 22.2. The minimum atomic E-state index is -1.43.